The highest BCUT2D eigenvalue weighted by molar-refractivity contribution is 4.92. The Hall–Kier alpha value is -1.76. The van der Waals surface area contributed by atoms with Crippen LogP contribution in [0.15, 0.2) is 12.5 Å². The molecule has 0 bridgehead atoms. The number of aromatic nitrogens is 6. The maximum Gasteiger partial charge on any atom is 0.137 e. The molecule has 0 aliphatic carbocycles. The maximum atomic E-state index is 4.03. The zero-order valence-corrected chi connectivity index (χ0v) is 8.51. The predicted octanol–water partition coefficient (Wildman–Crippen LogP) is -0.734. The Morgan fingerprint density at radius 3 is 3.13 bits per heavy atom. The van der Waals surface area contributed by atoms with Crippen LogP contribution in [-0.4, -0.2) is 36.7 Å². The van der Waals surface area contributed by atoms with Gasteiger partial charge in [0.1, 0.15) is 12.2 Å². The van der Waals surface area contributed by atoms with E-state index in [9.17, 15) is 0 Å². The van der Waals surface area contributed by atoms with Crippen molar-refractivity contribution in [2.45, 2.75) is 13.0 Å². The summed E-state index contributed by atoms with van der Waals surface area (Å²) in [6, 6.07) is 0. The molecular formula is C8H13N7. The fourth-order valence-electron chi connectivity index (χ4n) is 1.25. The van der Waals surface area contributed by atoms with E-state index in [4.69, 9.17) is 0 Å². The Morgan fingerprint density at radius 1 is 1.53 bits per heavy atom. The van der Waals surface area contributed by atoms with Gasteiger partial charge in [-0.2, -0.15) is 5.10 Å². The summed E-state index contributed by atoms with van der Waals surface area (Å²) >= 11 is 0. The van der Waals surface area contributed by atoms with Gasteiger partial charge in [0, 0.05) is 26.6 Å². The van der Waals surface area contributed by atoms with Crippen LogP contribution in [0.4, 0.5) is 0 Å². The first-order chi connectivity index (χ1) is 7.36. The quantitative estimate of drug-likeness (QED) is 0.631. The SMILES string of the molecule is Cn1nncc1CNCCc1ncn[nH]1. The molecule has 0 radical (unpaired) electrons. The average Bonchev–Trinajstić information content (AvgIpc) is 2.85. The number of aryl methyl sites for hydroxylation is 1. The van der Waals surface area contributed by atoms with Crippen molar-refractivity contribution in [3.8, 4) is 0 Å². The van der Waals surface area contributed by atoms with E-state index in [1.54, 1.807) is 10.9 Å². The van der Waals surface area contributed by atoms with E-state index in [-0.39, 0.29) is 0 Å². The van der Waals surface area contributed by atoms with Gasteiger partial charge in [-0.05, 0) is 0 Å². The van der Waals surface area contributed by atoms with E-state index >= 15 is 0 Å². The smallest absolute Gasteiger partial charge is 0.137 e. The lowest BCUT2D eigenvalue weighted by Gasteiger charge is -2.02. The molecule has 7 nitrogen and oxygen atoms in total. The highest BCUT2D eigenvalue weighted by Gasteiger charge is 1.99. The molecule has 2 aromatic rings. The summed E-state index contributed by atoms with van der Waals surface area (Å²) in [4.78, 5) is 4.03. The van der Waals surface area contributed by atoms with E-state index in [1.807, 2.05) is 7.05 Å². The summed E-state index contributed by atoms with van der Waals surface area (Å²) in [5, 5.41) is 17.5. The van der Waals surface area contributed by atoms with Crippen molar-refractivity contribution in [2.75, 3.05) is 6.54 Å². The van der Waals surface area contributed by atoms with Gasteiger partial charge in [-0.25, -0.2) is 4.98 Å². The highest BCUT2D eigenvalue weighted by Crippen LogP contribution is 1.92. The number of hydrogen-bond acceptors (Lipinski definition) is 5. The van der Waals surface area contributed by atoms with Crippen molar-refractivity contribution < 1.29 is 0 Å². The van der Waals surface area contributed by atoms with Crippen molar-refractivity contribution in [1.82, 2.24) is 35.5 Å². The van der Waals surface area contributed by atoms with Crippen molar-refractivity contribution >= 4 is 0 Å². The molecule has 7 heteroatoms. The number of H-pyrrole nitrogens is 1. The summed E-state index contributed by atoms with van der Waals surface area (Å²) in [6.07, 6.45) is 4.10. The van der Waals surface area contributed by atoms with Crippen LogP contribution < -0.4 is 5.32 Å². The summed E-state index contributed by atoms with van der Waals surface area (Å²) in [5.41, 5.74) is 1.06. The number of nitrogens with zero attached hydrogens (tertiary/aromatic N) is 5. The monoisotopic (exact) mass is 207 g/mol. The summed E-state index contributed by atoms with van der Waals surface area (Å²) < 4.78 is 1.75. The summed E-state index contributed by atoms with van der Waals surface area (Å²) in [7, 11) is 1.88. The molecule has 0 spiro atoms. The van der Waals surface area contributed by atoms with Gasteiger partial charge in [-0.1, -0.05) is 5.21 Å². The number of rotatable bonds is 5. The van der Waals surface area contributed by atoms with E-state index in [0.717, 1.165) is 31.0 Å². The molecule has 0 aliphatic heterocycles. The molecule has 0 saturated heterocycles. The van der Waals surface area contributed by atoms with Gasteiger partial charge in [0.25, 0.3) is 0 Å². The van der Waals surface area contributed by atoms with Crippen LogP contribution in [0.5, 0.6) is 0 Å². The predicted molar refractivity (Wildman–Crippen MR) is 52.8 cm³/mol. The molecule has 0 unspecified atom stereocenters. The van der Waals surface area contributed by atoms with Crippen molar-refractivity contribution in [3.05, 3.63) is 24.0 Å². The molecule has 0 saturated carbocycles. The minimum Gasteiger partial charge on any atom is -0.311 e. The molecule has 15 heavy (non-hydrogen) atoms. The molecule has 0 fully saturated rings. The second-order valence-electron chi connectivity index (χ2n) is 3.21. The van der Waals surface area contributed by atoms with Crippen molar-refractivity contribution in [1.29, 1.82) is 0 Å². The van der Waals surface area contributed by atoms with Crippen LogP contribution in [0.2, 0.25) is 0 Å². The van der Waals surface area contributed by atoms with E-state index < -0.39 is 0 Å². The molecule has 0 atom stereocenters. The normalized spacial score (nSPS) is 10.7. The van der Waals surface area contributed by atoms with Crippen LogP contribution in [0.1, 0.15) is 11.5 Å². The first-order valence-electron chi connectivity index (χ1n) is 4.75. The second-order valence-corrected chi connectivity index (χ2v) is 3.21. The van der Waals surface area contributed by atoms with Gasteiger partial charge in [0.2, 0.25) is 0 Å². The van der Waals surface area contributed by atoms with Gasteiger partial charge in [0.15, 0.2) is 0 Å². The molecule has 0 aromatic carbocycles. The largest absolute Gasteiger partial charge is 0.311 e. The first kappa shape index (κ1) is 9.78. The van der Waals surface area contributed by atoms with Crippen LogP contribution in [-0.2, 0) is 20.0 Å². The number of hydrogen-bond donors (Lipinski definition) is 2. The lowest BCUT2D eigenvalue weighted by Crippen LogP contribution is -2.19. The molecule has 0 aliphatic rings. The van der Waals surface area contributed by atoms with E-state index in [2.05, 4.69) is 30.8 Å². The third-order valence-electron chi connectivity index (χ3n) is 2.12. The van der Waals surface area contributed by atoms with Gasteiger partial charge < -0.3 is 5.32 Å². The maximum absolute atomic E-state index is 4.03. The molecule has 2 rings (SSSR count). The molecule has 0 amide bonds. The van der Waals surface area contributed by atoms with E-state index in [1.165, 1.54) is 6.33 Å². The zero-order chi connectivity index (χ0) is 10.5. The third kappa shape index (κ3) is 2.59. The topological polar surface area (TPSA) is 84.3 Å². The standard InChI is InChI=1S/C8H13N7/c1-15-7(5-11-14-15)4-9-3-2-8-10-6-12-13-8/h5-6,9H,2-4H2,1H3,(H,10,12,13). The van der Waals surface area contributed by atoms with Crippen LogP contribution in [0.3, 0.4) is 0 Å². The molecular weight excluding hydrogens is 194 g/mol. The molecule has 2 N–H and O–H groups in total. The Morgan fingerprint density at radius 2 is 2.47 bits per heavy atom. The zero-order valence-electron chi connectivity index (χ0n) is 8.51. The number of nitrogens with one attached hydrogen (secondary N) is 2. The van der Waals surface area contributed by atoms with Crippen LogP contribution in [0.25, 0.3) is 0 Å². The Bertz CT molecular complexity index is 391. The first-order valence-corrected chi connectivity index (χ1v) is 4.75. The van der Waals surface area contributed by atoms with Gasteiger partial charge >= 0.3 is 0 Å². The van der Waals surface area contributed by atoms with E-state index in [0.29, 0.717) is 0 Å². The minimum absolute atomic E-state index is 0.762. The minimum atomic E-state index is 0.762. The summed E-state index contributed by atoms with van der Waals surface area (Å²) in [6.45, 7) is 1.61. The van der Waals surface area contributed by atoms with Crippen molar-refractivity contribution in [3.63, 3.8) is 0 Å². The van der Waals surface area contributed by atoms with Gasteiger partial charge in [0.05, 0.1) is 11.9 Å². The molecule has 2 aromatic heterocycles. The third-order valence-corrected chi connectivity index (χ3v) is 2.12. The Balaban J connectivity index is 1.70. The average molecular weight is 207 g/mol. The Kier molecular flexibility index (Phi) is 3.03. The fraction of sp³-hybridized carbons (Fsp3) is 0.500. The highest BCUT2D eigenvalue weighted by atomic mass is 15.4. The van der Waals surface area contributed by atoms with Crippen molar-refractivity contribution in [2.24, 2.45) is 7.05 Å². The lowest BCUT2D eigenvalue weighted by atomic mass is 10.4. The van der Waals surface area contributed by atoms with Crippen LogP contribution >= 0.6 is 0 Å². The van der Waals surface area contributed by atoms with Gasteiger partial charge in [-0.15, -0.1) is 5.10 Å². The summed E-state index contributed by atoms with van der Waals surface area (Å²) in [5.74, 6) is 0.894. The fourth-order valence-corrected chi connectivity index (χ4v) is 1.25. The molecule has 80 valence electrons. The second kappa shape index (κ2) is 4.65. The van der Waals surface area contributed by atoms with Crippen LogP contribution in [0, 0.1) is 0 Å². The van der Waals surface area contributed by atoms with Gasteiger partial charge in [-0.3, -0.25) is 9.78 Å². The number of aromatic amines is 1. The lowest BCUT2D eigenvalue weighted by molar-refractivity contribution is 0.611. The molecule has 2 heterocycles. The Labute approximate surface area is 86.9 Å².